The highest BCUT2D eigenvalue weighted by atomic mass is 16.5. The molecule has 0 bridgehead atoms. The molecule has 1 aliphatic rings. The van der Waals surface area contributed by atoms with Gasteiger partial charge in [-0.25, -0.2) is 0 Å². The van der Waals surface area contributed by atoms with E-state index >= 15 is 0 Å². The van der Waals surface area contributed by atoms with Crippen LogP contribution in [0.2, 0.25) is 0 Å². The maximum atomic E-state index is 12.4. The molecule has 1 heterocycles. The lowest BCUT2D eigenvalue weighted by Crippen LogP contribution is -2.48. The van der Waals surface area contributed by atoms with E-state index in [1.807, 2.05) is 12.1 Å². The van der Waals surface area contributed by atoms with E-state index in [-0.39, 0.29) is 17.7 Å². The second-order valence-corrected chi connectivity index (χ2v) is 7.76. The number of morpholine rings is 1. The fraction of sp³-hybridized carbons (Fsp3) is 0.550. The minimum absolute atomic E-state index is 0.00704. The molecule has 1 aromatic carbocycles. The van der Waals surface area contributed by atoms with Crippen LogP contribution < -0.4 is 10.6 Å². The summed E-state index contributed by atoms with van der Waals surface area (Å²) in [5.74, 6) is -0.426. The third kappa shape index (κ3) is 6.06. The van der Waals surface area contributed by atoms with Gasteiger partial charge in [-0.15, -0.1) is 0 Å². The van der Waals surface area contributed by atoms with Gasteiger partial charge in [-0.1, -0.05) is 32.9 Å². The van der Waals surface area contributed by atoms with E-state index in [4.69, 9.17) is 4.74 Å². The molecule has 7 nitrogen and oxygen atoms in total. The average molecular weight is 375 g/mol. The van der Waals surface area contributed by atoms with E-state index in [9.17, 15) is 14.4 Å². The third-order valence-electron chi connectivity index (χ3n) is 4.39. The number of amides is 3. The molecule has 0 aromatic heterocycles. The summed E-state index contributed by atoms with van der Waals surface area (Å²) in [6, 6.07) is 6.58. The van der Waals surface area contributed by atoms with Gasteiger partial charge in [-0.2, -0.15) is 0 Å². The first-order valence-electron chi connectivity index (χ1n) is 9.23. The van der Waals surface area contributed by atoms with E-state index in [0.29, 0.717) is 38.4 Å². The normalized spacial score (nSPS) is 15.8. The van der Waals surface area contributed by atoms with Crippen molar-refractivity contribution >= 4 is 17.7 Å². The number of carbonyl (C=O) groups excluding carboxylic acids is 3. The lowest BCUT2D eigenvalue weighted by atomic mass is 9.95. The lowest BCUT2D eigenvalue weighted by molar-refractivity contribution is -0.133. The molecule has 3 amide bonds. The van der Waals surface area contributed by atoms with Crippen molar-refractivity contribution in [1.82, 2.24) is 15.5 Å². The van der Waals surface area contributed by atoms with Crippen molar-refractivity contribution in [2.45, 2.75) is 40.3 Å². The maximum Gasteiger partial charge on any atom is 0.254 e. The predicted octanol–water partition coefficient (Wildman–Crippen LogP) is 1.33. The molecule has 1 aromatic rings. The van der Waals surface area contributed by atoms with Gasteiger partial charge < -0.3 is 20.3 Å². The van der Waals surface area contributed by atoms with Crippen molar-refractivity contribution in [2.24, 2.45) is 5.41 Å². The van der Waals surface area contributed by atoms with E-state index in [2.05, 4.69) is 10.6 Å². The summed E-state index contributed by atoms with van der Waals surface area (Å²) in [5, 5.41) is 5.51. The monoisotopic (exact) mass is 375 g/mol. The largest absolute Gasteiger partial charge is 0.378 e. The fourth-order valence-electron chi connectivity index (χ4n) is 2.54. The first kappa shape index (κ1) is 20.9. The van der Waals surface area contributed by atoms with Crippen LogP contribution in [-0.2, 0) is 20.9 Å². The van der Waals surface area contributed by atoms with Crippen LogP contribution in [0.5, 0.6) is 0 Å². The molecule has 0 saturated carbocycles. The summed E-state index contributed by atoms with van der Waals surface area (Å²) in [6.45, 7) is 9.74. The summed E-state index contributed by atoms with van der Waals surface area (Å²) in [6.07, 6.45) is 0. The van der Waals surface area contributed by atoms with E-state index in [1.54, 1.807) is 44.7 Å². The van der Waals surface area contributed by atoms with Crippen molar-refractivity contribution in [3.63, 3.8) is 0 Å². The molecule has 0 spiro atoms. The van der Waals surface area contributed by atoms with Crippen molar-refractivity contribution < 1.29 is 19.1 Å². The highest BCUT2D eigenvalue weighted by molar-refractivity contribution is 5.94. The second-order valence-electron chi connectivity index (χ2n) is 7.76. The highest BCUT2D eigenvalue weighted by Gasteiger charge is 2.25. The maximum absolute atomic E-state index is 12.4. The van der Waals surface area contributed by atoms with Gasteiger partial charge in [-0.3, -0.25) is 14.4 Å². The van der Waals surface area contributed by atoms with Crippen molar-refractivity contribution in [3.8, 4) is 0 Å². The molecule has 148 valence electrons. The molecule has 0 aliphatic carbocycles. The summed E-state index contributed by atoms with van der Waals surface area (Å²) in [7, 11) is 0. The van der Waals surface area contributed by atoms with Crippen LogP contribution in [0.15, 0.2) is 24.3 Å². The van der Waals surface area contributed by atoms with Gasteiger partial charge >= 0.3 is 0 Å². The molecular formula is C20H29N3O4. The Balaban J connectivity index is 1.84. The molecule has 1 aliphatic heterocycles. The van der Waals surface area contributed by atoms with Gasteiger partial charge in [0.15, 0.2) is 0 Å². The van der Waals surface area contributed by atoms with Crippen LogP contribution in [0.1, 0.15) is 43.6 Å². The summed E-state index contributed by atoms with van der Waals surface area (Å²) in [4.78, 5) is 38.3. The molecule has 1 saturated heterocycles. The molecule has 7 heteroatoms. The third-order valence-corrected chi connectivity index (χ3v) is 4.39. The number of hydrogen-bond donors (Lipinski definition) is 2. The summed E-state index contributed by atoms with van der Waals surface area (Å²) in [5.41, 5.74) is 0.964. The van der Waals surface area contributed by atoms with Gasteiger partial charge in [0, 0.05) is 30.6 Å². The quantitative estimate of drug-likeness (QED) is 0.813. The summed E-state index contributed by atoms with van der Waals surface area (Å²) < 4.78 is 5.26. The van der Waals surface area contributed by atoms with Crippen LogP contribution in [0.3, 0.4) is 0 Å². The van der Waals surface area contributed by atoms with Crippen molar-refractivity contribution in [2.75, 3.05) is 26.3 Å². The number of nitrogens with one attached hydrogen (secondary N) is 2. The number of hydrogen-bond acceptors (Lipinski definition) is 4. The minimum atomic E-state index is -0.612. The van der Waals surface area contributed by atoms with Gasteiger partial charge in [0.05, 0.1) is 13.2 Å². The Kier molecular flexibility index (Phi) is 6.96. The Hall–Kier alpha value is -2.41. The number of carbonyl (C=O) groups is 3. The SMILES string of the molecule is CC(NC(=O)C(C)(C)C)C(=O)NCc1ccc(C(=O)N2CCOCC2)cc1. The number of nitrogens with zero attached hydrogens (tertiary/aromatic N) is 1. The number of ether oxygens (including phenoxy) is 1. The van der Waals surface area contributed by atoms with E-state index in [1.165, 1.54) is 0 Å². The summed E-state index contributed by atoms with van der Waals surface area (Å²) >= 11 is 0. The molecule has 0 radical (unpaired) electrons. The zero-order valence-corrected chi connectivity index (χ0v) is 16.5. The molecule has 2 N–H and O–H groups in total. The zero-order valence-electron chi connectivity index (χ0n) is 16.5. The molecule has 1 fully saturated rings. The Morgan fingerprint density at radius 3 is 2.26 bits per heavy atom. The molecular weight excluding hydrogens is 346 g/mol. The van der Waals surface area contributed by atoms with Crippen LogP contribution in [0, 0.1) is 5.41 Å². The second kappa shape index (κ2) is 8.99. The molecule has 27 heavy (non-hydrogen) atoms. The van der Waals surface area contributed by atoms with Crippen LogP contribution in [-0.4, -0.2) is 55.0 Å². The average Bonchev–Trinajstić information content (AvgIpc) is 2.65. The Morgan fingerprint density at radius 1 is 1.11 bits per heavy atom. The van der Waals surface area contributed by atoms with E-state index < -0.39 is 11.5 Å². The topological polar surface area (TPSA) is 87.7 Å². The van der Waals surface area contributed by atoms with Crippen LogP contribution in [0.4, 0.5) is 0 Å². The predicted molar refractivity (Wildman–Crippen MR) is 102 cm³/mol. The minimum Gasteiger partial charge on any atom is -0.378 e. The van der Waals surface area contributed by atoms with Gasteiger partial charge in [0.25, 0.3) is 5.91 Å². The van der Waals surface area contributed by atoms with Gasteiger partial charge in [0.1, 0.15) is 6.04 Å². The van der Waals surface area contributed by atoms with Crippen molar-refractivity contribution in [1.29, 1.82) is 0 Å². The first-order valence-corrected chi connectivity index (χ1v) is 9.23. The molecule has 1 atom stereocenters. The number of rotatable bonds is 5. The van der Waals surface area contributed by atoms with Crippen LogP contribution >= 0.6 is 0 Å². The Bertz CT molecular complexity index is 673. The standard InChI is InChI=1S/C20H29N3O4/c1-14(22-19(26)20(2,3)4)17(24)21-13-15-5-7-16(8-6-15)18(25)23-9-11-27-12-10-23/h5-8,14H,9-13H2,1-4H3,(H,21,24)(H,22,26). The lowest BCUT2D eigenvalue weighted by Gasteiger charge is -2.26. The first-order chi connectivity index (χ1) is 12.7. The smallest absolute Gasteiger partial charge is 0.254 e. The molecule has 1 unspecified atom stereocenters. The zero-order chi connectivity index (χ0) is 20.0. The van der Waals surface area contributed by atoms with E-state index in [0.717, 1.165) is 5.56 Å². The highest BCUT2D eigenvalue weighted by Crippen LogP contribution is 2.13. The number of benzene rings is 1. The Labute approximate surface area is 160 Å². The van der Waals surface area contributed by atoms with Crippen molar-refractivity contribution in [3.05, 3.63) is 35.4 Å². The van der Waals surface area contributed by atoms with Gasteiger partial charge in [0.2, 0.25) is 11.8 Å². The van der Waals surface area contributed by atoms with Crippen LogP contribution in [0.25, 0.3) is 0 Å². The Morgan fingerprint density at radius 2 is 1.70 bits per heavy atom. The fourth-order valence-corrected chi connectivity index (χ4v) is 2.54. The molecule has 2 rings (SSSR count). The van der Waals surface area contributed by atoms with Gasteiger partial charge in [-0.05, 0) is 24.6 Å².